The van der Waals surface area contributed by atoms with Gasteiger partial charge in [-0.15, -0.1) is 0 Å². The van der Waals surface area contributed by atoms with E-state index in [1.165, 1.54) is 19.3 Å². The molecule has 15 heavy (non-hydrogen) atoms. The first-order valence-corrected chi connectivity index (χ1v) is 6.35. The first-order chi connectivity index (χ1) is 7.00. The second-order valence-corrected chi connectivity index (χ2v) is 6.33. The average molecular weight is 207 g/mol. The second kappa shape index (κ2) is 3.62. The van der Waals surface area contributed by atoms with Gasteiger partial charge in [-0.3, -0.25) is 0 Å². The number of fused-ring (bicyclic) bond motifs is 2. The van der Waals surface area contributed by atoms with Gasteiger partial charge in [-0.2, -0.15) is 0 Å². The Labute approximate surface area is 94.3 Å². The minimum atomic E-state index is 0.495. The maximum Gasteiger partial charge on any atom is 0.0178 e. The van der Waals surface area contributed by atoms with E-state index in [4.69, 9.17) is 0 Å². The molecular weight excluding hydrogens is 182 g/mol. The maximum atomic E-state index is 3.76. The molecule has 2 saturated carbocycles. The van der Waals surface area contributed by atoms with Gasteiger partial charge in [0.15, 0.2) is 0 Å². The van der Waals surface area contributed by atoms with Gasteiger partial charge >= 0.3 is 0 Å². The SMILES string of the molecule is C/C=C/CNC1C2(C)CCC(C2)C1(C)C. The first kappa shape index (κ1) is 11.2. The van der Waals surface area contributed by atoms with Crippen molar-refractivity contribution in [2.45, 2.75) is 53.0 Å². The van der Waals surface area contributed by atoms with Crippen molar-refractivity contribution in [2.75, 3.05) is 6.54 Å². The van der Waals surface area contributed by atoms with Crippen LogP contribution >= 0.6 is 0 Å². The summed E-state index contributed by atoms with van der Waals surface area (Å²) in [6.07, 6.45) is 8.67. The summed E-state index contributed by atoms with van der Waals surface area (Å²) < 4.78 is 0. The Morgan fingerprint density at radius 1 is 1.33 bits per heavy atom. The molecule has 0 saturated heterocycles. The normalized spacial score (nSPS) is 42.9. The number of hydrogen-bond donors (Lipinski definition) is 1. The van der Waals surface area contributed by atoms with Gasteiger partial charge in [-0.05, 0) is 42.9 Å². The van der Waals surface area contributed by atoms with Crippen LogP contribution in [0.4, 0.5) is 0 Å². The molecule has 2 rings (SSSR count). The Morgan fingerprint density at radius 2 is 2.07 bits per heavy atom. The summed E-state index contributed by atoms with van der Waals surface area (Å²) in [5.41, 5.74) is 1.06. The first-order valence-electron chi connectivity index (χ1n) is 6.35. The maximum absolute atomic E-state index is 3.76. The van der Waals surface area contributed by atoms with Gasteiger partial charge in [0.1, 0.15) is 0 Å². The van der Waals surface area contributed by atoms with Gasteiger partial charge in [-0.25, -0.2) is 0 Å². The van der Waals surface area contributed by atoms with Crippen molar-refractivity contribution in [1.82, 2.24) is 5.32 Å². The molecule has 0 aliphatic heterocycles. The van der Waals surface area contributed by atoms with E-state index in [2.05, 4.69) is 45.2 Å². The van der Waals surface area contributed by atoms with E-state index < -0.39 is 0 Å². The molecule has 2 bridgehead atoms. The van der Waals surface area contributed by atoms with Crippen LogP contribution in [0.3, 0.4) is 0 Å². The summed E-state index contributed by atoms with van der Waals surface area (Å²) in [4.78, 5) is 0. The van der Waals surface area contributed by atoms with Gasteiger partial charge in [0.2, 0.25) is 0 Å². The predicted octanol–water partition coefficient (Wildman–Crippen LogP) is 3.37. The molecular formula is C14H25N. The third kappa shape index (κ3) is 1.65. The van der Waals surface area contributed by atoms with E-state index in [9.17, 15) is 0 Å². The van der Waals surface area contributed by atoms with E-state index in [-0.39, 0.29) is 0 Å². The Kier molecular flexibility index (Phi) is 2.70. The number of rotatable bonds is 3. The molecule has 1 heteroatoms. The lowest BCUT2D eigenvalue weighted by Gasteiger charge is -2.43. The highest BCUT2D eigenvalue weighted by molar-refractivity contribution is 5.12. The lowest BCUT2D eigenvalue weighted by Crippen LogP contribution is -2.50. The van der Waals surface area contributed by atoms with E-state index >= 15 is 0 Å². The third-order valence-corrected chi connectivity index (χ3v) is 4.95. The summed E-state index contributed by atoms with van der Waals surface area (Å²) >= 11 is 0. The summed E-state index contributed by atoms with van der Waals surface area (Å²) in [6, 6.07) is 0.708. The lowest BCUT2D eigenvalue weighted by atomic mass is 9.68. The van der Waals surface area contributed by atoms with Crippen LogP contribution in [0, 0.1) is 16.7 Å². The van der Waals surface area contributed by atoms with Crippen molar-refractivity contribution in [2.24, 2.45) is 16.7 Å². The topological polar surface area (TPSA) is 12.0 Å². The molecule has 1 nitrogen and oxygen atoms in total. The van der Waals surface area contributed by atoms with Crippen LogP contribution in [0.25, 0.3) is 0 Å². The predicted molar refractivity (Wildman–Crippen MR) is 65.8 cm³/mol. The fourth-order valence-electron chi connectivity index (χ4n) is 4.12. The molecule has 0 amide bonds. The van der Waals surface area contributed by atoms with Gasteiger partial charge in [0.05, 0.1) is 0 Å². The number of allylic oxidation sites excluding steroid dienone is 1. The molecule has 2 fully saturated rings. The van der Waals surface area contributed by atoms with E-state index in [0.717, 1.165) is 12.5 Å². The number of nitrogens with one attached hydrogen (secondary N) is 1. The molecule has 3 atom stereocenters. The number of hydrogen-bond acceptors (Lipinski definition) is 1. The van der Waals surface area contributed by atoms with Crippen molar-refractivity contribution in [1.29, 1.82) is 0 Å². The molecule has 0 aromatic rings. The molecule has 86 valence electrons. The molecule has 0 radical (unpaired) electrons. The quantitative estimate of drug-likeness (QED) is 0.700. The van der Waals surface area contributed by atoms with E-state index in [1.54, 1.807) is 0 Å². The van der Waals surface area contributed by atoms with Gasteiger partial charge in [-0.1, -0.05) is 32.9 Å². The highest BCUT2D eigenvalue weighted by atomic mass is 15.0. The lowest BCUT2D eigenvalue weighted by molar-refractivity contribution is 0.112. The zero-order valence-corrected chi connectivity index (χ0v) is 10.6. The van der Waals surface area contributed by atoms with Crippen LogP contribution in [-0.4, -0.2) is 12.6 Å². The summed E-state index contributed by atoms with van der Waals surface area (Å²) in [5, 5.41) is 3.76. The summed E-state index contributed by atoms with van der Waals surface area (Å²) in [6.45, 7) is 10.5. The zero-order valence-electron chi connectivity index (χ0n) is 10.6. The van der Waals surface area contributed by atoms with Crippen LogP contribution in [0.5, 0.6) is 0 Å². The monoisotopic (exact) mass is 207 g/mol. The van der Waals surface area contributed by atoms with Crippen LogP contribution < -0.4 is 5.32 Å². The Balaban J connectivity index is 2.08. The second-order valence-electron chi connectivity index (χ2n) is 6.33. The minimum Gasteiger partial charge on any atom is -0.309 e. The van der Waals surface area contributed by atoms with Crippen LogP contribution in [0.2, 0.25) is 0 Å². The van der Waals surface area contributed by atoms with Crippen LogP contribution in [0.15, 0.2) is 12.2 Å². The highest BCUT2D eigenvalue weighted by Gasteiger charge is 2.58. The Hall–Kier alpha value is -0.300. The van der Waals surface area contributed by atoms with Gasteiger partial charge in [0, 0.05) is 12.6 Å². The zero-order chi connectivity index (χ0) is 11.1. The third-order valence-electron chi connectivity index (χ3n) is 4.95. The van der Waals surface area contributed by atoms with E-state index in [1.807, 2.05) is 0 Å². The fraction of sp³-hybridized carbons (Fsp3) is 0.857. The van der Waals surface area contributed by atoms with Crippen molar-refractivity contribution < 1.29 is 0 Å². The van der Waals surface area contributed by atoms with Crippen molar-refractivity contribution in [3.8, 4) is 0 Å². The Morgan fingerprint density at radius 3 is 2.60 bits per heavy atom. The molecule has 0 heterocycles. The largest absolute Gasteiger partial charge is 0.309 e. The standard InChI is InChI=1S/C14H25N/c1-5-6-9-15-12-13(2,3)11-7-8-14(12,4)10-11/h5-6,11-12,15H,7-10H2,1-4H3/b6-5+. The summed E-state index contributed by atoms with van der Waals surface area (Å²) in [5.74, 6) is 0.950. The van der Waals surface area contributed by atoms with Crippen molar-refractivity contribution >= 4 is 0 Å². The Bertz CT molecular complexity index is 262. The molecule has 1 N–H and O–H groups in total. The minimum absolute atomic E-state index is 0.495. The molecule has 0 aromatic carbocycles. The molecule has 2 aliphatic carbocycles. The van der Waals surface area contributed by atoms with Gasteiger partial charge in [0.25, 0.3) is 0 Å². The average Bonchev–Trinajstić information content (AvgIpc) is 2.62. The smallest absolute Gasteiger partial charge is 0.0178 e. The van der Waals surface area contributed by atoms with Crippen molar-refractivity contribution in [3.05, 3.63) is 12.2 Å². The van der Waals surface area contributed by atoms with Crippen LogP contribution in [-0.2, 0) is 0 Å². The van der Waals surface area contributed by atoms with Gasteiger partial charge < -0.3 is 5.32 Å². The van der Waals surface area contributed by atoms with Crippen LogP contribution in [0.1, 0.15) is 47.0 Å². The molecule has 0 spiro atoms. The highest BCUT2D eigenvalue weighted by Crippen LogP contribution is 2.62. The summed E-state index contributed by atoms with van der Waals surface area (Å²) in [7, 11) is 0. The van der Waals surface area contributed by atoms with E-state index in [0.29, 0.717) is 16.9 Å². The molecule has 2 aliphatic rings. The molecule has 3 unspecified atom stereocenters. The molecule has 0 aromatic heterocycles. The fourth-order valence-corrected chi connectivity index (χ4v) is 4.12. The van der Waals surface area contributed by atoms with Crippen molar-refractivity contribution in [3.63, 3.8) is 0 Å².